The molecule has 1 fully saturated rings. The minimum atomic E-state index is -3.49. The van der Waals surface area contributed by atoms with E-state index < -0.39 is 10.0 Å². The quantitative estimate of drug-likeness (QED) is 0.649. The molecule has 0 amide bonds. The first-order valence-corrected chi connectivity index (χ1v) is 10.8. The van der Waals surface area contributed by atoms with Gasteiger partial charge in [-0.25, -0.2) is 13.1 Å². The van der Waals surface area contributed by atoms with Gasteiger partial charge in [0.25, 0.3) is 0 Å². The molecule has 3 aromatic carbocycles. The molecule has 144 valence electrons. The molecule has 0 radical (unpaired) electrons. The van der Waals surface area contributed by atoms with Crippen molar-refractivity contribution in [3.8, 4) is 0 Å². The maximum absolute atomic E-state index is 12.4. The molecule has 1 N–H and O–H groups in total. The van der Waals surface area contributed by atoms with Crippen LogP contribution in [0.1, 0.15) is 23.7 Å². The second kappa shape index (κ2) is 7.87. The van der Waals surface area contributed by atoms with Crippen LogP contribution in [0.3, 0.4) is 0 Å². The molecule has 0 aliphatic carbocycles. The number of fused-ring (bicyclic) bond motifs is 1. The highest BCUT2D eigenvalue weighted by Gasteiger charge is 2.22. The van der Waals surface area contributed by atoms with Crippen LogP contribution in [0.4, 0.5) is 0 Å². The first-order chi connectivity index (χ1) is 13.5. The Kier molecular flexibility index (Phi) is 5.31. The lowest BCUT2D eigenvalue weighted by atomic mass is 10.0. The Hall–Kier alpha value is -2.47. The zero-order chi connectivity index (χ0) is 19.6. The van der Waals surface area contributed by atoms with Crippen molar-refractivity contribution in [2.45, 2.75) is 24.3 Å². The molecule has 0 saturated carbocycles. The Morgan fingerprint density at radius 2 is 1.79 bits per heavy atom. The monoisotopic (exact) mass is 393 g/mol. The van der Waals surface area contributed by atoms with Gasteiger partial charge in [0.2, 0.25) is 10.0 Å². The van der Waals surface area contributed by atoms with Crippen molar-refractivity contribution in [2.75, 3.05) is 13.2 Å². The number of nitrogens with one attached hydrogen (secondary N) is 1. The number of hydrogen-bond acceptors (Lipinski definition) is 3. The molecule has 1 aliphatic heterocycles. The predicted molar refractivity (Wildman–Crippen MR) is 112 cm³/mol. The van der Waals surface area contributed by atoms with Crippen molar-refractivity contribution in [3.63, 3.8) is 0 Å². The predicted octanol–water partition coefficient (Wildman–Crippen LogP) is 4.51. The summed E-state index contributed by atoms with van der Waals surface area (Å²) in [6.45, 7) is 2.73. The summed E-state index contributed by atoms with van der Waals surface area (Å²) >= 11 is 0. The van der Waals surface area contributed by atoms with E-state index in [4.69, 9.17) is 4.74 Å². The smallest absolute Gasteiger partial charge is 0.240 e. The molecule has 4 rings (SSSR count). The summed E-state index contributed by atoms with van der Waals surface area (Å²) in [5.74, 6) is 0. The van der Waals surface area contributed by atoms with E-state index in [2.05, 4.69) is 35.1 Å². The van der Waals surface area contributed by atoms with Crippen LogP contribution in [0.2, 0.25) is 0 Å². The van der Waals surface area contributed by atoms with Gasteiger partial charge in [-0.05, 0) is 47.0 Å². The van der Waals surface area contributed by atoms with Gasteiger partial charge in [0.15, 0.2) is 0 Å². The molecule has 3 aromatic rings. The molecule has 0 bridgehead atoms. The summed E-state index contributed by atoms with van der Waals surface area (Å²) in [5.41, 5.74) is 3.30. The fourth-order valence-corrected chi connectivity index (χ4v) is 4.39. The van der Waals surface area contributed by atoms with Gasteiger partial charge < -0.3 is 4.74 Å². The number of hydrogen-bond donors (Lipinski definition) is 1. The summed E-state index contributed by atoms with van der Waals surface area (Å²) in [6.07, 6.45) is 2.72. The second-order valence-electron chi connectivity index (χ2n) is 7.14. The molecule has 28 heavy (non-hydrogen) atoms. The third kappa shape index (κ3) is 4.17. The van der Waals surface area contributed by atoms with Crippen LogP contribution >= 0.6 is 0 Å². The highest BCUT2D eigenvalue weighted by atomic mass is 32.2. The van der Waals surface area contributed by atoms with E-state index in [1.54, 1.807) is 24.3 Å². The largest absolute Gasteiger partial charge is 0.369 e. The molecule has 0 spiro atoms. The van der Waals surface area contributed by atoms with Gasteiger partial charge in [-0.1, -0.05) is 60.2 Å². The first-order valence-electron chi connectivity index (χ1n) is 9.36. The Morgan fingerprint density at radius 3 is 2.57 bits per heavy atom. The van der Waals surface area contributed by atoms with Gasteiger partial charge in [0.1, 0.15) is 0 Å². The Labute approximate surface area is 165 Å². The Morgan fingerprint density at radius 1 is 1.04 bits per heavy atom. The molecular weight excluding hydrogens is 370 g/mol. The zero-order valence-electron chi connectivity index (χ0n) is 15.8. The molecule has 1 heterocycles. The summed E-state index contributed by atoms with van der Waals surface area (Å²) < 4.78 is 33.3. The van der Waals surface area contributed by atoms with Crippen LogP contribution in [0.25, 0.3) is 10.8 Å². The van der Waals surface area contributed by atoms with Gasteiger partial charge in [0, 0.05) is 13.0 Å². The fraction of sp³-hybridized carbons (Fsp3) is 0.217. The van der Waals surface area contributed by atoms with Crippen LogP contribution in [0.15, 0.2) is 83.3 Å². The van der Waals surface area contributed by atoms with Crippen LogP contribution in [-0.2, 0) is 14.8 Å². The third-order valence-corrected chi connectivity index (χ3v) is 6.50. The van der Waals surface area contributed by atoms with Gasteiger partial charge in [0.05, 0.1) is 17.6 Å². The number of ether oxygens (including phenoxy) is 1. The molecule has 1 unspecified atom stereocenters. The number of aryl methyl sites for hydroxylation is 1. The lowest BCUT2D eigenvalue weighted by Gasteiger charge is -2.10. The minimum absolute atomic E-state index is 0.0181. The van der Waals surface area contributed by atoms with Gasteiger partial charge in [-0.15, -0.1) is 0 Å². The molecule has 4 nitrogen and oxygen atoms in total. The zero-order valence-corrected chi connectivity index (χ0v) is 16.6. The van der Waals surface area contributed by atoms with Crippen LogP contribution in [0, 0.1) is 6.92 Å². The maximum atomic E-state index is 12.4. The number of benzene rings is 3. The van der Waals surface area contributed by atoms with Gasteiger partial charge >= 0.3 is 0 Å². The lowest BCUT2D eigenvalue weighted by Crippen LogP contribution is -2.24. The minimum Gasteiger partial charge on any atom is -0.369 e. The van der Waals surface area contributed by atoms with Crippen molar-refractivity contribution >= 4 is 20.8 Å². The molecular formula is C23H23NO3S. The van der Waals surface area contributed by atoms with Crippen molar-refractivity contribution in [3.05, 3.63) is 89.5 Å². The van der Waals surface area contributed by atoms with Gasteiger partial charge in [-0.2, -0.15) is 0 Å². The van der Waals surface area contributed by atoms with Crippen LogP contribution in [-0.4, -0.2) is 21.6 Å². The molecule has 1 saturated heterocycles. The van der Waals surface area contributed by atoms with Crippen molar-refractivity contribution in [1.82, 2.24) is 4.72 Å². The van der Waals surface area contributed by atoms with Crippen molar-refractivity contribution in [1.29, 1.82) is 0 Å². The van der Waals surface area contributed by atoms with Crippen LogP contribution in [0.5, 0.6) is 0 Å². The van der Waals surface area contributed by atoms with Crippen molar-refractivity contribution in [2.24, 2.45) is 0 Å². The highest BCUT2D eigenvalue weighted by Crippen LogP contribution is 2.33. The summed E-state index contributed by atoms with van der Waals surface area (Å²) in [6, 6.07) is 21.5. The first kappa shape index (κ1) is 18.9. The van der Waals surface area contributed by atoms with Crippen LogP contribution < -0.4 is 4.72 Å². The standard InChI is InChI=1S/C23H23NO3S/c1-17-6-10-22(11-7-17)28(25,26)24-13-12-18-14-23(27-16-18)21-9-8-19-4-2-3-5-20(19)15-21/h2-12,15,23-24H,13-14,16H2,1H3/b18-12-. The molecule has 1 aliphatic rings. The Bertz CT molecular complexity index is 1120. The summed E-state index contributed by atoms with van der Waals surface area (Å²) in [4.78, 5) is 0.285. The number of rotatable bonds is 5. The summed E-state index contributed by atoms with van der Waals surface area (Å²) in [7, 11) is -3.49. The van der Waals surface area contributed by atoms with Crippen molar-refractivity contribution < 1.29 is 13.2 Å². The van der Waals surface area contributed by atoms with E-state index in [9.17, 15) is 8.42 Å². The van der Waals surface area contributed by atoms with E-state index in [1.807, 2.05) is 25.1 Å². The summed E-state index contributed by atoms with van der Waals surface area (Å²) in [5, 5.41) is 2.41. The normalized spacial score (nSPS) is 18.8. The third-order valence-electron chi connectivity index (χ3n) is 5.06. The van der Waals surface area contributed by atoms with E-state index >= 15 is 0 Å². The van der Waals surface area contributed by atoms with Gasteiger partial charge in [-0.3, -0.25) is 0 Å². The molecule has 1 atom stereocenters. The SMILES string of the molecule is Cc1ccc(S(=O)(=O)NC/C=C2\COC(c3ccc4ccccc4c3)C2)cc1. The Balaban J connectivity index is 1.39. The average molecular weight is 394 g/mol. The maximum Gasteiger partial charge on any atom is 0.240 e. The molecule has 5 heteroatoms. The van der Waals surface area contributed by atoms with E-state index in [-0.39, 0.29) is 17.5 Å². The van der Waals surface area contributed by atoms with E-state index in [0.29, 0.717) is 6.61 Å². The lowest BCUT2D eigenvalue weighted by molar-refractivity contribution is 0.115. The molecule has 0 aromatic heterocycles. The average Bonchev–Trinajstić information content (AvgIpc) is 3.17. The van der Waals surface area contributed by atoms with E-state index in [0.717, 1.165) is 23.1 Å². The number of sulfonamides is 1. The van der Waals surface area contributed by atoms with E-state index in [1.165, 1.54) is 10.8 Å². The highest BCUT2D eigenvalue weighted by molar-refractivity contribution is 7.89. The second-order valence-corrected chi connectivity index (χ2v) is 8.90. The topological polar surface area (TPSA) is 55.4 Å². The fourth-order valence-electron chi connectivity index (χ4n) is 3.42.